The largest absolute Gasteiger partial charge is 0.480 e. The van der Waals surface area contributed by atoms with Crippen LogP contribution in [0.2, 0.25) is 0 Å². The zero-order valence-corrected chi connectivity index (χ0v) is 9.98. The van der Waals surface area contributed by atoms with Crippen LogP contribution in [-0.4, -0.2) is 23.7 Å². The summed E-state index contributed by atoms with van der Waals surface area (Å²) in [5, 5.41) is 13.6. The predicted octanol–water partition coefficient (Wildman–Crippen LogP) is 1.45. The number of benzene rings is 1. The molecule has 3 N–H and O–H groups in total. The van der Waals surface area contributed by atoms with Gasteiger partial charge in [-0.1, -0.05) is 24.3 Å². The van der Waals surface area contributed by atoms with Crippen molar-refractivity contribution >= 4 is 12.0 Å². The highest BCUT2D eigenvalue weighted by Crippen LogP contribution is 2.29. The molecule has 1 aliphatic rings. The zero-order chi connectivity index (χ0) is 13.0. The lowest BCUT2D eigenvalue weighted by Crippen LogP contribution is -2.41. The van der Waals surface area contributed by atoms with E-state index >= 15 is 0 Å². The van der Waals surface area contributed by atoms with Gasteiger partial charge in [0.2, 0.25) is 0 Å². The number of carbonyl (C=O) groups is 2. The fourth-order valence-corrected chi connectivity index (χ4v) is 2.27. The quantitative estimate of drug-likeness (QED) is 0.757. The van der Waals surface area contributed by atoms with Gasteiger partial charge in [-0.2, -0.15) is 0 Å². The highest BCUT2D eigenvalue weighted by Gasteiger charge is 2.21. The fraction of sp³-hybridized carbons (Fsp3) is 0.385. The summed E-state index contributed by atoms with van der Waals surface area (Å²) in [5.74, 6) is -1.05. The average Bonchev–Trinajstić information content (AvgIpc) is 2.37. The maximum atomic E-state index is 11.5. The Labute approximate surface area is 105 Å². The van der Waals surface area contributed by atoms with Crippen molar-refractivity contribution in [3.63, 3.8) is 0 Å². The van der Waals surface area contributed by atoms with Crippen LogP contribution < -0.4 is 10.6 Å². The van der Waals surface area contributed by atoms with Crippen LogP contribution in [0.4, 0.5) is 4.79 Å². The van der Waals surface area contributed by atoms with Crippen LogP contribution in [0.1, 0.15) is 30.0 Å². The number of hydrogen-bond donors (Lipinski definition) is 3. The third-order valence-corrected chi connectivity index (χ3v) is 3.07. The molecule has 5 nitrogen and oxygen atoms in total. The van der Waals surface area contributed by atoms with Crippen molar-refractivity contribution < 1.29 is 14.7 Å². The molecule has 1 aliphatic carbocycles. The molecule has 0 spiro atoms. The standard InChI is InChI=1S/C13H16N2O3/c16-12(17)8-14-13(18)15-11-7-3-5-9-4-1-2-6-10(9)11/h1-2,4,6,11H,3,5,7-8H2,(H,16,17)(H2,14,15,18). The summed E-state index contributed by atoms with van der Waals surface area (Å²) >= 11 is 0. The van der Waals surface area contributed by atoms with E-state index in [4.69, 9.17) is 5.11 Å². The first-order valence-electron chi connectivity index (χ1n) is 6.01. The monoisotopic (exact) mass is 248 g/mol. The van der Waals surface area contributed by atoms with Gasteiger partial charge in [-0.3, -0.25) is 4.79 Å². The van der Waals surface area contributed by atoms with Gasteiger partial charge in [-0.05, 0) is 30.4 Å². The highest BCUT2D eigenvalue weighted by atomic mass is 16.4. The number of aryl methyl sites for hydroxylation is 1. The first kappa shape index (κ1) is 12.4. The minimum atomic E-state index is -1.05. The molecule has 1 aromatic rings. The molecule has 2 rings (SSSR count). The van der Waals surface area contributed by atoms with Gasteiger partial charge in [0.05, 0.1) is 6.04 Å². The van der Waals surface area contributed by atoms with Crippen LogP contribution in [0, 0.1) is 0 Å². The normalized spacial score (nSPS) is 17.7. The Bertz CT molecular complexity index is 459. The number of amides is 2. The average molecular weight is 248 g/mol. The lowest BCUT2D eigenvalue weighted by atomic mass is 9.88. The van der Waals surface area contributed by atoms with E-state index in [1.54, 1.807) is 0 Å². The lowest BCUT2D eigenvalue weighted by molar-refractivity contribution is -0.135. The van der Waals surface area contributed by atoms with E-state index in [2.05, 4.69) is 16.7 Å². The van der Waals surface area contributed by atoms with E-state index in [1.165, 1.54) is 5.56 Å². The molecule has 1 unspecified atom stereocenters. The number of fused-ring (bicyclic) bond motifs is 1. The van der Waals surface area contributed by atoms with Crippen molar-refractivity contribution in [2.24, 2.45) is 0 Å². The Morgan fingerprint density at radius 3 is 2.89 bits per heavy atom. The first-order valence-corrected chi connectivity index (χ1v) is 6.01. The molecule has 0 bridgehead atoms. The number of nitrogens with one attached hydrogen (secondary N) is 2. The van der Waals surface area contributed by atoms with Gasteiger partial charge in [-0.15, -0.1) is 0 Å². The number of hydrogen-bond acceptors (Lipinski definition) is 2. The number of rotatable bonds is 3. The minimum absolute atomic E-state index is 0.0243. The summed E-state index contributed by atoms with van der Waals surface area (Å²) in [6.45, 7) is -0.361. The molecule has 18 heavy (non-hydrogen) atoms. The van der Waals surface area contributed by atoms with E-state index in [1.807, 2.05) is 18.2 Å². The van der Waals surface area contributed by atoms with Gasteiger partial charge in [0.15, 0.2) is 0 Å². The number of carboxylic acids is 1. The Morgan fingerprint density at radius 1 is 1.33 bits per heavy atom. The van der Waals surface area contributed by atoms with Gasteiger partial charge in [-0.25, -0.2) is 4.79 Å². The summed E-state index contributed by atoms with van der Waals surface area (Å²) < 4.78 is 0. The van der Waals surface area contributed by atoms with E-state index in [0.29, 0.717) is 0 Å². The Morgan fingerprint density at radius 2 is 2.11 bits per heavy atom. The van der Waals surface area contributed by atoms with Crippen molar-refractivity contribution in [3.8, 4) is 0 Å². The van der Waals surface area contributed by atoms with Crippen LogP contribution >= 0.6 is 0 Å². The molecule has 96 valence electrons. The third kappa shape index (κ3) is 3.00. The molecule has 1 aromatic carbocycles. The molecule has 1 atom stereocenters. The molecule has 0 fully saturated rings. The van der Waals surface area contributed by atoms with Crippen LogP contribution in [0.15, 0.2) is 24.3 Å². The molecule has 0 saturated heterocycles. The first-order chi connectivity index (χ1) is 8.66. The van der Waals surface area contributed by atoms with E-state index < -0.39 is 12.0 Å². The summed E-state index contributed by atoms with van der Waals surface area (Å²) in [6.07, 6.45) is 2.95. The second kappa shape index (κ2) is 5.53. The number of aliphatic carboxylic acids is 1. The molecular formula is C13H16N2O3. The Kier molecular flexibility index (Phi) is 3.82. The van der Waals surface area contributed by atoms with E-state index in [0.717, 1.165) is 24.8 Å². The second-order valence-corrected chi connectivity index (χ2v) is 4.36. The van der Waals surface area contributed by atoms with Crippen molar-refractivity contribution in [2.75, 3.05) is 6.54 Å². The van der Waals surface area contributed by atoms with Crippen molar-refractivity contribution in [1.29, 1.82) is 0 Å². The maximum absolute atomic E-state index is 11.5. The molecule has 0 saturated carbocycles. The Balaban J connectivity index is 1.98. The number of carboxylic acid groups (broad SMARTS) is 1. The van der Waals surface area contributed by atoms with Crippen molar-refractivity contribution in [2.45, 2.75) is 25.3 Å². The van der Waals surface area contributed by atoms with Gasteiger partial charge >= 0.3 is 12.0 Å². The fourth-order valence-electron chi connectivity index (χ4n) is 2.27. The molecule has 0 radical (unpaired) electrons. The molecule has 0 heterocycles. The second-order valence-electron chi connectivity index (χ2n) is 4.36. The summed E-state index contributed by atoms with van der Waals surface area (Å²) in [6, 6.07) is 7.57. The molecule has 0 aliphatic heterocycles. The summed E-state index contributed by atoms with van der Waals surface area (Å²) in [4.78, 5) is 21.9. The van der Waals surface area contributed by atoms with E-state index in [-0.39, 0.29) is 12.6 Å². The molecule has 2 amide bonds. The van der Waals surface area contributed by atoms with Gasteiger partial charge in [0.1, 0.15) is 6.54 Å². The van der Waals surface area contributed by atoms with Crippen LogP contribution in [0.3, 0.4) is 0 Å². The van der Waals surface area contributed by atoms with Gasteiger partial charge < -0.3 is 15.7 Å². The maximum Gasteiger partial charge on any atom is 0.323 e. The number of carbonyl (C=O) groups excluding carboxylic acids is 1. The SMILES string of the molecule is O=C(O)CNC(=O)NC1CCCc2ccccc21. The third-order valence-electron chi connectivity index (χ3n) is 3.07. The summed E-state index contributed by atoms with van der Waals surface area (Å²) in [7, 11) is 0. The minimum Gasteiger partial charge on any atom is -0.480 e. The predicted molar refractivity (Wildman–Crippen MR) is 66.3 cm³/mol. The van der Waals surface area contributed by atoms with Gasteiger partial charge in [0.25, 0.3) is 0 Å². The molecule has 5 heteroatoms. The van der Waals surface area contributed by atoms with Crippen LogP contribution in [-0.2, 0) is 11.2 Å². The van der Waals surface area contributed by atoms with E-state index in [9.17, 15) is 9.59 Å². The molecule has 0 aromatic heterocycles. The highest BCUT2D eigenvalue weighted by molar-refractivity contribution is 5.80. The zero-order valence-electron chi connectivity index (χ0n) is 9.98. The topological polar surface area (TPSA) is 78.4 Å². The Hall–Kier alpha value is -2.04. The lowest BCUT2D eigenvalue weighted by Gasteiger charge is -2.26. The van der Waals surface area contributed by atoms with Gasteiger partial charge in [0, 0.05) is 0 Å². The summed E-state index contributed by atoms with van der Waals surface area (Å²) in [5.41, 5.74) is 2.39. The van der Waals surface area contributed by atoms with Crippen LogP contribution in [0.25, 0.3) is 0 Å². The van der Waals surface area contributed by atoms with Crippen molar-refractivity contribution in [3.05, 3.63) is 35.4 Å². The van der Waals surface area contributed by atoms with Crippen LogP contribution in [0.5, 0.6) is 0 Å². The number of urea groups is 1. The smallest absolute Gasteiger partial charge is 0.323 e. The van der Waals surface area contributed by atoms with Crippen molar-refractivity contribution in [1.82, 2.24) is 10.6 Å². The molecular weight excluding hydrogens is 232 g/mol.